The van der Waals surface area contributed by atoms with Crippen LogP contribution in [-0.4, -0.2) is 42.5 Å². The topological polar surface area (TPSA) is 67.6 Å². The predicted octanol–water partition coefficient (Wildman–Crippen LogP) is 1.61. The molecule has 0 aliphatic carbocycles. The number of rotatable bonds is 7. The van der Waals surface area contributed by atoms with Crippen molar-refractivity contribution < 1.29 is 9.53 Å². The number of ether oxygens (including phenoxy) is 1. The first-order valence-corrected chi connectivity index (χ1v) is 6.93. The second kappa shape index (κ2) is 7.69. The highest BCUT2D eigenvalue weighted by Gasteiger charge is 2.12. The Kier molecular flexibility index (Phi) is 6.24. The summed E-state index contributed by atoms with van der Waals surface area (Å²) in [6, 6.07) is 5.35. The monoisotopic (exact) mass is 295 g/mol. The summed E-state index contributed by atoms with van der Waals surface area (Å²) >= 11 is 5.01. The van der Waals surface area contributed by atoms with Crippen molar-refractivity contribution in [2.24, 2.45) is 5.73 Å². The zero-order valence-corrected chi connectivity index (χ0v) is 12.9. The number of amides is 1. The minimum atomic E-state index is 0.0340. The van der Waals surface area contributed by atoms with E-state index in [1.807, 2.05) is 13.8 Å². The molecular formula is C14H21N3O2S. The molecule has 6 heteroatoms. The molecule has 0 radical (unpaired) electrons. The van der Waals surface area contributed by atoms with Crippen LogP contribution in [0.15, 0.2) is 18.2 Å². The first kappa shape index (κ1) is 16.2. The van der Waals surface area contributed by atoms with E-state index >= 15 is 0 Å². The minimum Gasteiger partial charge on any atom is -0.497 e. The largest absolute Gasteiger partial charge is 0.497 e. The third kappa shape index (κ3) is 4.09. The van der Waals surface area contributed by atoms with Crippen LogP contribution in [0.25, 0.3) is 0 Å². The van der Waals surface area contributed by atoms with E-state index in [1.165, 1.54) is 0 Å². The average Bonchev–Trinajstić information content (AvgIpc) is 2.45. The Labute approximate surface area is 125 Å². The molecular weight excluding hydrogens is 274 g/mol. The molecule has 3 N–H and O–H groups in total. The summed E-state index contributed by atoms with van der Waals surface area (Å²) < 4.78 is 5.17. The van der Waals surface area contributed by atoms with E-state index < -0.39 is 0 Å². The third-order valence-corrected chi connectivity index (χ3v) is 3.26. The van der Waals surface area contributed by atoms with Gasteiger partial charge in [-0.05, 0) is 26.0 Å². The zero-order chi connectivity index (χ0) is 15.1. The minimum absolute atomic E-state index is 0.0340. The van der Waals surface area contributed by atoms with Crippen LogP contribution in [0.5, 0.6) is 5.75 Å². The number of nitrogens with one attached hydrogen (secondary N) is 1. The van der Waals surface area contributed by atoms with Gasteiger partial charge in [0.15, 0.2) is 0 Å². The number of thiocarbonyl (C=S) groups is 1. The van der Waals surface area contributed by atoms with Gasteiger partial charge in [0.1, 0.15) is 10.7 Å². The standard InChI is InChI=1S/C14H21N3O2S/c1-4-17(5-2)13(18)9-16-12-8-10(19-3)6-7-11(12)14(15)20/h6-8,16H,4-5,9H2,1-3H3,(H2,15,20). The van der Waals surface area contributed by atoms with Crippen LogP contribution >= 0.6 is 12.2 Å². The fourth-order valence-electron chi connectivity index (χ4n) is 1.87. The quantitative estimate of drug-likeness (QED) is 0.748. The van der Waals surface area contributed by atoms with Gasteiger partial charge in [-0.2, -0.15) is 0 Å². The lowest BCUT2D eigenvalue weighted by atomic mass is 10.1. The van der Waals surface area contributed by atoms with Gasteiger partial charge >= 0.3 is 0 Å². The van der Waals surface area contributed by atoms with Gasteiger partial charge in [-0.3, -0.25) is 4.79 Å². The van der Waals surface area contributed by atoms with Crippen LogP contribution in [-0.2, 0) is 4.79 Å². The summed E-state index contributed by atoms with van der Waals surface area (Å²) in [5.41, 5.74) is 7.09. The van der Waals surface area contributed by atoms with Gasteiger partial charge in [0.25, 0.3) is 0 Å². The van der Waals surface area contributed by atoms with Crippen molar-refractivity contribution in [2.75, 3.05) is 32.1 Å². The number of benzene rings is 1. The third-order valence-electron chi connectivity index (χ3n) is 3.04. The zero-order valence-electron chi connectivity index (χ0n) is 12.1. The first-order chi connectivity index (χ1) is 9.53. The highest BCUT2D eigenvalue weighted by molar-refractivity contribution is 7.80. The van der Waals surface area contributed by atoms with Crippen LogP contribution in [0.4, 0.5) is 5.69 Å². The number of likely N-dealkylation sites (N-methyl/N-ethyl adjacent to an activating group) is 1. The van der Waals surface area contributed by atoms with Crippen molar-refractivity contribution in [2.45, 2.75) is 13.8 Å². The van der Waals surface area contributed by atoms with E-state index in [4.69, 9.17) is 22.7 Å². The van der Waals surface area contributed by atoms with Crippen molar-refractivity contribution >= 4 is 28.8 Å². The molecule has 0 spiro atoms. The Balaban J connectivity index is 2.85. The molecule has 20 heavy (non-hydrogen) atoms. The first-order valence-electron chi connectivity index (χ1n) is 6.52. The number of nitrogens with two attached hydrogens (primary N) is 1. The maximum absolute atomic E-state index is 12.0. The smallest absolute Gasteiger partial charge is 0.241 e. The molecule has 0 saturated carbocycles. The molecule has 0 saturated heterocycles. The maximum atomic E-state index is 12.0. The Morgan fingerprint density at radius 2 is 2.05 bits per heavy atom. The molecule has 110 valence electrons. The number of hydrogen-bond acceptors (Lipinski definition) is 4. The lowest BCUT2D eigenvalue weighted by molar-refractivity contribution is -0.128. The van der Waals surface area contributed by atoms with E-state index in [2.05, 4.69) is 5.32 Å². The highest BCUT2D eigenvalue weighted by atomic mass is 32.1. The molecule has 5 nitrogen and oxygen atoms in total. The SMILES string of the molecule is CCN(CC)C(=O)CNc1cc(OC)ccc1C(N)=S. The predicted molar refractivity (Wildman–Crippen MR) is 85.3 cm³/mol. The number of carbonyl (C=O) groups excluding carboxylic acids is 1. The molecule has 0 unspecified atom stereocenters. The molecule has 0 bridgehead atoms. The molecule has 0 heterocycles. The summed E-state index contributed by atoms with van der Waals surface area (Å²) in [5.74, 6) is 0.717. The second-order valence-electron chi connectivity index (χ2n) is 4.20. The van der Waals surface area contributed by atoms with Gasteiger partial charge in [-0.15, -0.1) is 0 Å². The van der Waals surface area contributed by atoms with E-state index in [1.54, 1.807) is 30.2 Å². The highest BCUT2D eigenvalue weighted by Crippen LogP contribution is 2.22. The molecule has 1 rings (SSSR count). The van der Waals surface area contributed by atoms with Crippen molar-refractivity contribution in [3.8, 4) is 5.75 Å². The molecule has 0 fully saturated rings. The van der Waals surface area contributed by atoms with Gasteiger partial charge in [-0.1, -0.05) is 12.2 Å². The van der Waals surface area contributed by atoms with Crippen molar-refractivity contribution in [3.63, 3.8) is 0 Å². The van der Waals surface area contributed by atoms with Gasteiger partial charge in [0.05, 0.1) is 13.7 Å². The van der Waals surface area contributed by atoms with Gasteiger partial charge < -0.3 is 20.7 Å². The van der Waals surface area contributed by atoms with Crippen molar-refractivity contribution in [1.82, 2.24) is 4.90 Å². The Bertz CT molecular complexity index is 487. The maximum Gasteiger partial charge on any atom is 0.241 e. The van der Waals surface area contributed by atoms with Crippen LogP contribution in [0.2, 0.25) is 0 Å². The normalized spacial score (nSPS) is 9.95. The Morgan fingerprint density at radius 3 is 2.55 bits per heavy atom. The van der Waals surface area contributed by atoms with Crippen LogP contribution in [0, 0.1) is 0 Å². The van der Waals surface area contributed by atoms with Crippen LogP contribution in [0.1, 0.15) is 19.4 Å². The Hall–Kier alpha value is -1.82. The van der Waals surface area contributed by atoms with Gasteiger partial charge in [0, 0.05) is 30.4 Å². The summed E-state index contributed by atoms with van der Waals surface area (Å²) in [6.45, 7) is 5.49. The van der Waals surface area contributed by atoms with E-state index in [9.17, 15) is 4.79 Å². The summed E-state index contributed by atoms with van der Waals surface area (Å²) in [7, 11) is 1.58. The summed E-state index contributed by atoms with van der Waals surface area (Å²) in [4.78, 5) is 14.0. The number of anilines is 1. The molecule has 0 aliphatic rings. The number of carbonyl (C=O) groups is 1. The molecule has 0 aliphatic heterocycles. The molecule has 1 aromatic rings. The summed E-state index contributed by atoms with van der Waals surface area (Å²) in [6.07, 6.45) is 0. The number of nitrogens with zero attached hydrogens (tertiary/aromatic N) is 1. The van der Waals surface area contributed by atoms with E-state index in [0.29, 0.717) is 30.1 Å². The Morgan fingerprint density at radius 1 is 1.40 bits per heavy atom. The fraction of sp³-hybridized carbons (Fsp3) is 0.429. The number of hydrogen-bond donors (Lipinski definition) is 2. The van der Waals surface area contributed by atoms with Crippen LogP contribution in [0.3, 0.4) is 0 Å². The molecule has 0 atom stereocenters. The average molecular weight is 295 g/mol. The second-order valence-corrected chi connectivity index (χ2v) is 4.64. The number of methoxy groups -OCH3 is 1. The lowest BCUT2D eigenvalue weighted by Gasteiger charge is -2.20. The van der Waals surface area contributed by atoms with Crippen molar-refractivity contribution in [1.29, 1.82) is 0 Å². The summed E-state index contributed by atoms with van der Waals surface area (Å²) in [5, 5.41) is 3.08. The lowest BCUT2D eigenvalue weighted by Crippen LogP contribution is -2.35. The van der Waals surface area contributed by atoms with E-state index in [-0.39, 0.29) is 17.4 Å². The van der Waals surface area contributed by atoms with E-state index in [0.717, 1.165) is 0 Å². The van der Waals surface area contributed by atoms with Crippen LogP contribution < -0.4 is 15.8 Å². The fourth-order valence-corrected chi connectivity index (χ4v) is 2.05. The molecule has 1 aromatic carbocycles. The van der Waals surface area contributed by atoms with Gasteiger partial charge in [-0.25, -0.2) is 0 Å². The molecule has 0 aromatic heterocycles. The molecule has 1 amide bonds. The van der Waals surface area contributed by atoms with Gasteiger partial charge in [0.2, 0.25) is 5.91 Å². The van der Waals surface area contributed by atoms with Crippen molar-refractivity contribution in [3.05, 3.63) is 23.8 Å².